The maximum atomic E-state index is 11.7. The van der Waals surface area contributed by atoms with Crippen LogP contribution in [0.3, 0.4) is 0 Å². The zero-order valence-electron chi connectivity index (χ0n) is 9.66. The highest BCUT2D eigenvalue weighted by Crippen LogP contribution is 2.12. The number of benzene rings is 1. The number of hydrogen-bond acceptors (Lipinski definition) is 6. The molecule has 0 amide bonds. The molecule has 0 unspecified atom stereocenters. The highest BCUT2D eigenvalue weighted by Gasteiger charge is 2.11. The van der Waals surface area contributed by atoms with Crippen molar-refractivity contribution in [2.45, 2.75) is 4.90 Å². The topological polar surface area (TPSA) is 94.7 Å². The molecule has 0 saturated heterocycles. The van der Waals surface area contributed by atoms with Crippen LogP contribution < -0.4 is 0 Å². The number of hydroxylamine groups is 2. The number of sulfonamides is 1. The molecule has 8 heteroatoms. The lowest BCUT2D eigenvalue weighted by molar-refractivity contribution is 0.0319. The van der Waals surface area contributed by atoms with Gasteiger partial charge in [-0.1, -0.05) is 22.7 Å². The Labute approximate surface area is 109 Å². The first kappa shape index (κ1) is 13.1. The third kappa shape index (κ3) is 3.33. The minimum absolute atomic E-state index is 0.0544. The molecule has 98 valence electrons. The Hall–Kier alpha value is -2.32. The lowest BCUT2D eigenvalue weighted by Crippen LogP contribution is -2.16. The number of allylic oxidation sites excluding steroid dienone is 1. The normalized spacial score (nSPS) is 17.5. The van der Waals surface area contributed by atoms with E-state index >= 15 is 0 Å². The Bertz CT molecular complexity index is 662. The Morgan fingerprint density at radius 3 is 2.68 bits per heavy atom. The van der Waals surface area contributed by atoms with E-state index in [2.05, 4.69) is 14.6 Å². The van der Waals surface area contributed by atoms with E-state index in [-0.39, 0.29) is 10.6 Å². The predicted octanol–water partition coefficient (Wildman–Crippen LogP) is 1.92. The van der Waals surface area contributed by atoms with Gasteiger partial charge in [-0.15, -0.1) is 5.11 Å². The summed E-state index contributed by atoms with van der Waals surface area (Å²) in [5.41, 5.74) is 0.252. The fourth-order valence-electron chi connectivity index (χ4n) is 1.25. The zero-order chi connectivity index (χ0) is 13.7. The lowest BCUT2D eigenvalue weighted by Gasteiger charge is -2.12. The first-order valence-electron chi connectivity index (χ1n) is 5.20. The third-order valence-corrected chi connectivity index (χ3v) is 3.33. The molecule has 7 nitrogen and oxygen atoms in total. The van der Waals surface area contributed by atoms with Gasteiger partial charge in [0, 0.05) is 6.20 Å². The van der Waals surface area contributed by atoms with Gasteiger partial charge in [-0.25, -0.2) is 10.1 Å². The van der Waals surface area contributed by atoms with Crippen LogP contribution in [0, 0.1) is 0 Å². The summed E-state index contributed by atoms with van der Waals surface area (Å²) in [7, 11) is -3.82. The molecule has 1 aromatic carbocycles. The van der Waals surface area contributed by atoms with Gasteiger partial charge < -0.3 is 0 Å². The second-order valence-electron chi connectivity index (χ2n) is 3.46. The minimum atomic E-state index is -3.82. The van der Waals surface area contributed by atoms with Gasteiger partial charge in [-0.3, -0.25) is 5.21 Å². The third-order valence-electron chi connectivity index (χ3n) is 2.16. The molecule has 1 N–H and O–H groups in total. The van der Waals surface area contributed by atoms with Gasteiger partial charge in [-0.2, -0.15) is 8.42 Å². The maximum absolute atomic E-state index is 11.7. The molecule has 0 aliphatic carbocycles. The van der Waals surface area contributed by atoms with E-state index in [1.165, 1.54) is 24.4 Å². The van der Waals surface area contributed by atoms with Crippen molar-refractivity contribution in [1.82, 2.24) is 5.06 Å². The summed E-state index contributed by atoms with van der Waals surface area (Å²) < 4.78 is 26.8. The molecule has 1 aliphatic rings. The van der Waals surface area contributed by atoms with E-state index < -0.39 is 10.0 Å². The van der Waals surface area contributed by atoms with Crippen LogP contribution in [0.5, 0.6) is 0 Å². The summed E-state index contributed by atoms with van der Waals surface area (Å²) in [5, 5.41) is 13.5. The van der Waals surface area contributed by atoms with Gasteiger partial charge in [0.15, 0.2) is 0 Å². The number of hydrogen-bond donors (Lipinski definition) is 1. The van der Waals surface area contributed by atoms with E-state index in [0.29, 0.717) is 5.06 Å². The smallest absolute Gasteiger partial charge is 0.283 e. The van der Waals surface area contributed by atoms with Crippen LogP contribution in [0.2, 0.25) is 0 Å². The van der Waals surface area contributed by atoms with Gasteiger partial charge in [0.05, 0.1) is 16.8 Å². The minimum Gasteiger partial charge on any atom is -0.283 e. The Morgan fingerprint density at radius 1 is 1.26 bits per heavy atom. The first-order valence-corrected chi connectivity index (χ1v) is 6.64. The van der Waals surface area contributed by atoms with Gasteiger partial charge >= 0.3 is 0 Å². The SMILES string of the molecule is O=S(=O)(N=N/C=C1\C=CN=CN1O)c1ccccc1. The average Bonchev–Trinajstić information content (AvgIpc) is 2.42. The fraction of sp³-hybridized carbons (Fsp3) is 0. The van der Waals surface area contributed by atoms with E-state index in [1.54, 1.807) is 18.2 Å². The van der Waals surface area contributed by atoms with Crippen molar-refractivity contribution < 1.29 is 13.6 Å². The van der Waals surface area contributed by atoms with Crippen LogP contribution in [-0.2, 0) is 10.0 Å². The largest absolute Gasteiger partial charge is 0.299 e. The molecule has 2 rings (SSSR count). The number of aliphatic imine (C=N–C) groups is 1. The zero-order valence-corrected chi connectivity index (χ0v) is 10.5. The molecule has 1 aromatic rings. The molecule has 0 bridgehead atoms. The molecule has 1 aliphatic heterocycles. The van der Waals surface area contributed by atoms with Gasteiger partial charge in [-0.05, 0) is 18.2 Å². The molecular weight excluding hydrogens is 268 g/mol. The molecule has 0 radical (unpaired) electrons. The van der Waals surface area contributed by atoms with Crippen molar-refractivity contribution in [3.05, 3.63) is 54.5 Å². The van der Waals surface area contributed by atoms with E-state index in [9.17, 15) is 13.6 Å². The van der Waals surface area contributed by atoms with E-state index in [4.69, 9.17) is 0 Å². The molecule has 0 spiro atoms. The van der Waals surface area contributed by atoms with Crippen molar-refractivity contribution >= 4 is 16.4 Å². The molecule has 1 heterocycles. The van der Waals surface area contributed by atoms with Crippen molar-refractivity contribution in [2.24, 2.45) is 14.6 Å². The van der Waals surface area contributed by atoms with Crippen LogP contribution >= 0.6 is 0 Å². The number of nitrogens with zero attached hydrogens (tertiary/aromatic N) is 4. The summed E-state index contributed by atoms with van der Waals surface area (Å²) in [6.07, 6.45) is 5.14. The second kappa shape index (κ2) is 5.55. The van der Waals surface area contributed by atoms with Crippen molar-refractivity contribution in [1.29, 1.82) is 0 Å². The standard InChI is InChI=1S/C11H10N4O3S/c16-15-9-12-7-6-10(15)8-13-14-19(17,18)11-4-2-1-3-5-11/h1-9,16H/b10-8+,14-13?. The Balaban J connectivity index is 2.18. The monoisotopic (exact) mass is 278 g/mol. The summed E-state index contributed by atoms with van der Waals surface area (Å²) in [4.78, 5) is 3.71. The number of rotatable bonds is 3. The van der Waals surface area contributed by atoms with Crippen LogP contribution in [0.25, 0.3) is 0 Å². The quantitative estimate of drug-likeness (QED) is 0.854. The maximum Gasteiger partial charge on any atom is 0.299 e. The Kier molecular flexibility index (Phi) is 3.83. The Morgan fingerprint density at radius 2 is 2.00 bits per heavy atom. The van der Waals surface area contributed by atoms with Crippen molar-refractivity contribution in [3.63, 3.8) is 0 Å². The van der Waals surface area contributed by atoms with Crippen LogP contribution in [0.4, 0.5) is 0 Å². The summed E-state index contributed by atoms with van der Waals surface area (Å²) >= 11 is 0. The van der Waals surface area contributed by atoms with Gasteiger partial charge in [0.2, 0.25) is 0 Å². The van der Waals surface area contributed by atoms with Crippen molar-refractivity contribution in [2.75, 3.05) is 0 Å². The average molecular weight is 278 g/mol. The molecule has 0 saturated carbocycles. The highest BCUT2D eigenvalue weighted by atomic mass is 32.2. The van der Waals surface area contributed by atoms with E-state index in [1.807, 2.05) is 0 Å². The van der Waals surface area contributed by atoms with Crippen LogP contribution in [-0.4, -0.2) is 25.0 Å². The van der Waals surface area contributed by atoms with Crippen LogP contribution in [0.1, 0.15) is 0 Å². The van der Waals surface area contributed by atoms with Crippen molar-refractivity contribution in [3.8, 4) is 0 Å². The molecular formula is C11H10N4O3S. The molecule has 19 heavy (non-hydrogen) atoms. The summed E-state index contributed by atoms with van der Waals surface area (Å²) in [6.45, 7) is 0. The van der Waals surface area contributed by atoms with Gasteiger partial charge in [0.1, 0.15) is 6.34 Å². The summed E-state index contributed by atoms with van der Waals surface area (Å²) in [5.74, 6) is 0. The molecule has 0 fully saturated rings. The second-order valence-corrected chi connectivity index (χ2v) is 5.05. The molecule has 0 aromatic heterocycles. The predicted molar refractivity (Wildman–Crippen MR) is 67.8 cm³/mol. The van der Waals surface area contributed by atoms with Crippen LogP contribution in [0.15, 0.2) is 74.0 Å². The highest BCUT2D eigenvalue weighted by molar-refractivity contribution is 7.90. The fourth-order valence-corrected chi connectivity index (χ4v) is 2.02. The van der Waals surface area contributed by atoms with E-state index in [0.717, 1.165) is 12.5 Å². The first-order chi connectivity index (χ1) is 9.09. The lowest BCUT2D eigenvalue weighted by atomic mass is 10.4. The van der Waals surface area contributed by atoms with Gasteiger partial charge in [0.25, 0.3) is 10.0 Å². The summed E-state index contributed by atoms with van der Waals surface area (Å²) in [6, 6.07) is 7.74. The molecule has 0 atom stereocenters.